The second-order valence-corrected chi connectivity index (χ2v) is 5.16. The normalized spacial score (nSPS) is 16.3. The lowest BCUT2D eigenvalue weighted by Gasteiger charge is -2.37. The monoisotopic (exact) mass is 313 g/mol. The molecule has 120 valence electrons. The number of para-hydroxylation sites is 1. The molecule has 3 rings (SSSR count). The molecule has 5 nitrogen and oxygen atoms in total. The van der Waals surface area contributed by atoms with Gasteiger partial charge in [-0.3, -0.25) is 0 Å². The van der Waals surface area contributed by atoms with Gasteiger partial charge in [0.25, 0.3) is 0 Å². The number of aromatic hydroxyl groups is 1. The Hall–Kier alpha value is -2.82. The highest BCUT2D eigenvalue weighted by Gasteiger charge is 2.31. The number of fused-ring (bicyclic) bond motifs is 1. The topological polar surface area (TPSA) is 51.2 Å². The van der Waals surface area contributed by atoms with E-state index in [1.165, 1.54) is 14.2 Å². The lowest BCUT2D eigenvalue weighted by molar-refractivity contribution is 0.205. The maximum atomic E-state index is 10.2. The van der Waals surface area contributed by atoms with Gasteiger partial charge in [0, 0.05) is 11.3 Å². The van der Waals surface area contributed by atoms with E-state index in [2.05, 4.69) is 11.5 Å². The average molecular weight is 313 g/mol. The number of rotatable bonds is 4. The Bertz CT molecular complexity index is 715. The molecule has 1 N–H and O–H groups in total. The lowest BCUT2D eigenvalue weighted by atomic mass is 10.1. The number of hydrogen-bond acceptors (Lipinski definition) is 5. The molecule has 1 aliphatic heterocycles. The Morgan fingerprint density at radius 3 is 2.52 bits per heavy atom. The van der Waals surface area contributed by atoms with Gasteiger partial charge in [0.15, 0.2) is 17.7 Å². The summed E-state index contributed by atoms with van der Waals surface area (Å²) in [5.74, 6) is 1.25. The molecule has 1 atom stereocenters. The van der Waals surface area contributed by atoms with E-state index in [1.807, 2.05) is 30.3 Å². The van der Waals surface area contributed by atoms with Gasteiger partial charge in [-0.25, -0.2) is 0 Å². The summed E-state index contributed by atoms with van der Waals surface area (Å²) in [4.78, 5) is 2.06. The largest absolute Gasteiger partial charge is 0.504 e. The first-order valence-electron chi connectivity index (χ1n) is 7.27. The van der Waals surface area contributed by atoms with Gasteiger partial charge in [0.05, 0.1) is 20.8 Å². The zero-order valence-electron chi connectivity index (χ0n) is 13.2. The third-order valence-electron chi connectivity index (χ3n) is 3.83. The molecule has 23 heavy (non-hydrogen) atoms. The van der Waals surface area contributed by atoms with Gasteiger partial charge in [0.1, 0.15) is 0 Å². The lowest BCUT2D eigenvalue weighted by Crippen LogP contribution is -2.41. The highest BCUT2D eigenvalue weighted by atomic mass is 16.5. The number of anilines is 1. The first-order valence-corrected chi connectivity index (χ1v) is 7.27. The van der Waals surface area contributed by atoms with Gasteiger partial charge in [-0.05, 0) is 24.3 Å². The number of methoxy groups -OCH3 is 2. The Balaban J connectivity index is 2.09. The third-order valence-corrected chi connectivity index (χ3v) is 3.83. The zero-order valence-corrected chi connectivity index (χ0v) is 13.2. The standard InChI is InChI=1S/C18H19NO4/c1-4-15-19(13-8-6-5-7-9-13)11-12-10-14(20)17(21-2)18(22-3)16(12)23-15/h4-10,15,20H,1,11H2,2-3H3. The molecule has 1 heterocycles. The summed E-state index contributed by atoms with van der Waals surface area (Å²) in [5, 5.41) is 10.2. The van der Waals surface area contributed by atoms with Crippen molar-refractivity contribution in [3.63, 3.8) is 0 Å². The molecule has 2 aromatic rings. The Kier molecular flexibility index (Phi) is 4.02. The van der Waals surface area contributed by atoms with Crippen LogP contribution in [0.3, 0.4) is 0 Å². The van der Waals surface area contributed by atoms with E-state index in [9.17, 15) is 5.11 Å². The predicted molar refractivity (Wildman–Crippen MR) is 88.4 cm³/mol. The fourth-order valence-corrected chi connectivity index (χ4v) is 2.78. The van der Waals surface area contributed by atoms with E-state index in [0.29, 0.717) is 18.0 Å². The second kappa shape index (κ2) is 6.12. The minimum absolute atomic E-state index is 0.0248. The second-order valence-electron chi connectivity index (χ2n) is 5.16. The number of phenolic OH excluding ortho intramolecular Hbond substituents is 1. The number of ether oxygens (including phenoxy) is 3. The third kappa shape index (κ3) is 2.54. The van der Waals surface area contributed by atoms with Crippen molar-refractivity contribution in [2.24, 2.45) is 0 Å². The van der Waals surface area contributed by atoms with Crippen molar-refractivity contribution in [3.05, 3.63) is 54.6 Å². The predicted octanol–water partition coefficient (Wildman–Crippen LogP) is 3.32. The maximum Gasteiger partial charge on any atom is 0.207 e. The van der Waals surface area contributed by atoms with Gasteiger partial charge in [0.2, 0.25) is 11.5 Å². The van der Waals surface area contributed by atoms with Crippen LogP contribution in [-0.4, -0.2) is 25.6 Å². The first-order chi connectivity index (χ1) is 11.2. The van der Waals surface area contributed by atoms with Gasteiger partial charge >= 0.3 is 0 Å². The highest BCUT2D eigenvalue weighted by Crippen LogP contribution is 2.49. The quantitative estimate of drug-likeness (QED) is 0.878. The molecule has 0 radical (unpaired) electrons. The van der Waals surface area contributed by atoms with Crippen LogP contribution in [0.5, 0.6) is 23.0 Å². The van der Waals surface area contributed by atoms with Crippen LogP contribution in [0.25, 0.3) is 0 Å². The van der Waals surface area contributed by atoms with Crippen molar-refractivity contribution in [1.82, 2.24) is 0 Å². The maximum absolute atomic E-state index is 10.2. The summed E-state index contributed by atoms with van der Waals surface area (Å²) in [6.45, 7) is 4.42. The molecular formula is C18H19NO4. The number of benzene rings is 2. The van der Waals surface area contributed by atoms with Crippen molar-refractivity contribution in [2.45, 2.75) is 12.8 Å². The molecule has 0 aromatic heterocycles. The van der Waals surface area contributed by atoms with Crippen LogP contribution in [0.1, 0.15) is 5.56 Å². The number of hydrogen-bond donors (Lipinski definition) is 1. The van der Waals surface area contributed by atoms with Crippen LogP contribution < -0.4 is 19.1 Å². The van der Waals surface area contributed by atoms with Crippen LogP contribution in [0, 0.1) is 0 Å². The summed E-state index contributed by atoms with van der Waals surface area (Å²) < 4.78 is 16.7. The molecule has 5 heteroatoms. The van der Waals surface area contributed by atoms with Gasteiger partial charge in [-0.15, -0.1) is 0 Å². The Morgan fingerprint density at radius 1 is 1.22 bits per heavy atom. The molecule has 2 aromatic carbocycles. The molecular weight excluding hydrogens is 294 g/mol. The van der Waals surface area contributed by atoms with Crippen LogP contribution in [0.15, 0.2) is 49.1 Å². The van der Waals surface area contributed by atoms with E-state index in [-0.39, 0.29) is 17.7 Å². The fourth-order valence-electron chi connectivity index (χ4n) is 2.78. The molecule has 0 saturated carbocycles. The molecule has 0 spiro atoms. The van der Waals surface area contributed by atoms with E-state index in [0.717, 1.165) is 11.3 Å². The molecule has 0 bridgehead atoms. The van der Waals surface area contributed by atoms with Crippen molar-refractivity contribution >= 4 is 5.69 Å². The Labute approximate surface area is 135 Å². The number of nitrogens with zero attached hydrogens (tertiary/aromatic N) is 1. The molecule has 0 fully saturated rings. The van der Waals surface area contributed by atoms with E-state index >= 15 is 0 Å². The summed E-state index contributed by atoms with van der Waals surface area (Å²) in [6.07, 6.45) is 1.39. The van der Waals surface area contributed by atoms with Crippen molar-refractivity contribution < 1.29 is 19.3 Å². The SMILES string of the molecule is C=CC1Oc2c(cc(O)c(OC)c2OC)CN1c1ccccc1. The molecule has 0 aliphatic carbocycles. The summed E-state index contributed by atoms with van der Waals surface area (Å²) in [6, 6.07) is 11.6. The van der Waals surface area contributed by atoms with E-state index in [4.69, 9.17) is 14.2 Å². The smallest absolute Gasteiger partial charge is 0.207 e. The summed E-state index contributed by atoms with van der Waals surface area (Å²) in [5.41, 5.74) is 1.83. The molecule has 0 amide bonds. The van der Waals surface area contributed by atoms with Crippen molar-refractivity contribution in [3.8, 4) is 23.0 Å². The van der Waals surface area contributed by atoms with Gasteiger partial charge in [-0.2, -0.15) is 0 Å². The minimum atomic E-state index is -0.340. The van der Waals surface area contributed by atoms with Crippen molar-refractivity contribution in [2.75, 3.05) is 19.1 Å². The van der Waals surface area contributed by atoms with Gasteiger partial charge < -0.3 is 24.2 Å². The minimum Gasteiger partial charge on any atom is -0.504 e. The molecule has 0 saturated heterocycles. The molecule has 1 unspecified atom stereocenters. The van der Waals surface area contributed by atoms with Crippen LogP contribution >= 0.6 is 0 Å². The fraction of sp³-hybridized carbons (Fsp3) is 0.222. The highest BCUT2D eigenvalue weighted by molar-refractivity contribution is 5.65. The van der Waals surface area contributed by atoms with Crippen LogP contribution in [0.2, 0.25) is 0 Å². The van der Waals surface area contributed by atoms with Crippen LogP contribution in [0.4, 0.5) is 5.69 Å². The summed E-state index contributed by atoms with van der Waals surface area (Å²) in [7, 11) is 3.00. The van der Waals surface area contributed by atoms with Crippen molar-refractivity contribution in [1.29, 1.82) is 0 Å². The number of phenols is 1. The Morgan fingerprint density at radius 2 is 1.91 bits per heavy atom. The first kappa shape index (κ1) is 15.1. The van der Waals surface area contributed by atoms with E-state index < -0.39 is 0 Å². The van der Waals surface area contributed by atoms with E-state index in [1.54, 1.807) is 12.1 Å². The van der Waals surface area contributed by atoms with Gasteiger partial charge in [-0.1, -0.05) is 24.8 Å². The zero-order chi connectivity index (χ0) is 16.4. The summed E-state index contributed by atoms with van der Waals surface area (Å²) >= 11 is 0. The molecule has 1 aliphatic rings. The van der Waals surface area contributed by atoms with Crippen LogP contribution in [-0.2, 0) is 6.54 Å². The average Bonchev–Trinajstić information content (AvgIpc) is 2.60.